The van der Waals surface area contributed by atoms with Crippen LogP contribution in [0.2, 0.25) is 0 Å². The molecule has 0 fully saturated rings. The molecule has 0 radical (unpaired) electrons. The molecule has 0 rings (SSSR count). The van der Waals surface area contributed by atoms with Crippen LogP contribution in [-0.4, -0.2) is 76.3 Å². The number of hydrogen-bond acceptors (Lipinski definition) is 7. The van der Waals surface area contributed by atoms with Gasteiger partial charge in [-0.25, -0.2) is 0 Å². The van der Waals surface area contributed by atoms with Crippen molar-refractivity contribution in [1.29, 1.82) is 0 Å². The van der Waals surface area contributed by atoms with Gasteiger partial charge in [0.05, 0.1) is 37.3 Å². The van der Waals surface area contributed by atoms with E-state index in [1.807, 2.05) is 0 Å². The van der Waals surface area contributed by atoms with Crippen LogP contribution in [0.5, 0.6) is 0 Å². The Kier molecular flexibility index (Phi) is 7.49. The van der Waals surface area contributed by atoms with Crippen molar-refractivity contribution in [2.75, 3.05) is 39.8 Å². The second-order valence-corrected chi connectivity index (χ2v) is 8.88. The summed E-state index contributed by atoms with van der Waals surface area (Å²) in [6.07, 6.45) is -3.34. The summed E-state index contributed by atoms with van der Waals surface area (Å²) >= 11 is 0.169. The van der Waals surface area contributed by atoms with Crippen LogP contribution < -0.4 is 0 Å². The first kappa shape index (κ1) is 17.4. The molecule has 0 spiro atoms. The van der Waals surface area contributed by atoms with Gasteiger partial charge in [-0.15, -0.1) is 0 Å². The predicted molar refractivity (Wildman–Crippen MR) is 68.1 cm³/mol. The van der Waals surface area contributed by atoms with Crippen LogP contribution in [0.4, 0.5) is 0 Å². The molecule has 0 aliphatic heterocycles. The van der Waals surface area contributed by atoms with Crippen molar-refractivity contribution >= 4 is 29.9 Å². The van der Waals surface area contributed by atoms with Gasteiger partial charge in [0.15, 0.2) is 6.34 Å². The topological polar surface area (TPSA) is 118 Å². The summed E-state index contributed by atoms with van der Waals surface area (Å²) in [5.41, 5.74) is 0. The Morgan fingerprint density at radius 3 is 1.83 bits per heavy atom. The van der Waals surface area contributed by atoms with Crippen molar-refractivity contribution in [3.05, 3.63) is 0 Å². The highest BCUT2D eigenvalue weighted by molar-refractivity contribution is 8.55. The van der Waals surface area contributed by atoms with E-state index in [0.29, 0.717) is 0 Å². The number of nitrogens with zero attached hydrogens (tertiary/aromatic N) is 2. The number of carboxylic acids is 2. The Hall–Kier alpha value is -0.600. The van der Waals surface area contributed by atoms with E-state index in [2.05, 4.69) is 0 Å². The smallest absolute Gasteiger partial charge is 0.317 e. The van der Waals surface area contributed by atoms with Crippen molar-refractivity contribution in [1.82, 2.24) is 9.80 Å². The molecule has 0 aliphatic carbocycles. The van der Waals surface area contributed by atoms with Gasteiger partial charge >= 0.3 is 11.9 Å². The lowest BCUT2D eigenvalue weighted by Crippen LogP contribution is -2.35. The second-order valence-electron chi connectivity index (χ2n) is 4.03. The number of rotatable bonds is 9. The highest BCUT2D eigenvalue weighted by Gasteiger charge is 2.29. The van der Waals surface area contributed by atoms with Crippen LogP contribution in [0.1, 0.15) is 0 Å². The molecule has 0 aromatic rings. The van der Waals surface area contributed by atoms with E-state index in [1.54, 1.807) is 19.0 Å². The molecule has 3 N–H and O–H groups in total. The molecule has 18 heavy (non-hydrogen) atoms. The monoisotopic (exact) mass is 300 g/mol. The molecule has 0 saturated heterocycles. The fourth-order valence-electron chi connectivity index (χ4n) is 1.37. The molecular weight excluding hydrogens is 283 g/mol. The van der Waals surface area contributed by atoms with E-state index >= 15 is 0 Å². The molecule has 1 unspecified atom stereocenters. The van der Waals surface area contributed by atoms with Crippen LogP contribution in [0.15, 0.2) is 0 Å². The zero-order chi connectivity index (χ0) is 14.3. The maximum absolute atomic E-state index is 12.2. The summed E-state index contributed by atoms with van der Waals surface area (Å²) in [6.45, 7) is -1.07. The van der Waals surface area contributed by atoms with E-state index < -0.39 is 31.4 Å². The van der Waals surface area contributed by atoms with Crippen molar-refractivity contribution < 1.29 is 28.9 Å². The van der Waals surface area contributed by atoms with Gasteiger partial charge in [0.25, 0.3) is 0 Å². The summed E-state index contributed by atoms with van der Waals surface area (Å²) in [7, 11) is 3.31. The molecule has 1 atom stereocenters. The van der Waals surface area contributed by atoms with Gasteiger partial charge in [0.1, 0.15) is 0 Å². The molecule has 0 aromatic carbocycles. The van der Waals surface area contributed by atoms with Gasteiger partial charge in [-0.3, -0.25) is 14.5 Å². The van der Waals surface area contributed by atoms with Crippen molar-refractivity contribution in [2.45, 2.75) is 0 Å². The summed E-state index contributed by atoms with van der Waals surface area (Å²) in [6, 6.07) is 0. The maximum atomic E-state index is 12.2. The van der Waals surface area contributed by atoms with E-state index in [0.717, 1.165) is 4.90 Å². The lowest BCUT2D eigenvalue weighted by Gasteiger charge is -2.25. The minimum absolute atomic E-state index is 0.0594. The van der Waals surface area contributed by atoms with E-state index in [1.165, 1.54) is 0 Å². The van der Waals surface area contributed by atoms with Gasteiger partial charge in [0, 0.05) is 0 Å². The zero-order valence-corrected chi connectivity index (χ0v) is 11.9. The molecule has 0 bridgehead atoms. The quantitative estimate of drug-likeness (QED) is 0.411. The van der Waals surface area contributed by atoms with Crippen molar-refractivity contribution in [3.8, 4) is 0 Å². The van der Waals surface area contributed by atoms with Crippen LogP contribution >= 0.6 is 18.0 Å². The Morgan fingerprint density at radius 1 is 1.11 bits per heavy atom. The third-order valence-corrected chi connectivity index (χ3v) is 5.49. The lowest BCUT2D eigenvalue weighted by atomic mass is 10.5. The number of aliphatic carboxylic acids is 2. The summed E-state index contributed by atoms with van der Waals surface area (Å²) < 4.78 is 21.3. The number of hydrogen-bond donors (Lipinski definition) is 3. The highest BCUT2D eigenvalue weighted by Crippen LogP contribution is 2.57. The van der Waals surface area contributed by atoms with Crippen LogP contribution in [0, 0.1) is 0 Å². The fraction of sp³-hybridized carbons (Fsp3) is 0.750. The van der Waals surface area contributed by atoms with Crippen LogP contribution in [-0.2, 0) is 14.2 Å². The predicted octanol–water partition coefficient (Wildman–Crippen LogP) is 0.418. The molecule has 0 heterocycles. The molecule has 106 valence electrons. The maximum Gasteiger partial charge on any atom is 0.317 e. The fourth-order valence-corrected chi connectivity index (χ4v) is 4.73. The van der Waals surface area contributed by atoms with E-state index in [-0.39, 0.29) is 24.2 Å². The molecule has 0 saturated carbocycles. The Balaban J connectivity index is 4.75. The lowest BCUT2D eigenvalue weighted by molar-refractivity contribution is -0.141. The van der Waals surface area contributed by atoms with Gasteiger partial charge in [-0.2, -0.15) is 0 Å². The van der Waals surface area contributed by atoms with Gasteiger partial charge in [0.2, 0.25) is 0 Å². The number of carboxylic acid groups (broad SMARTS) is 2. The summed E-state index contributed by atoms with van der Waals surface area (Å²) in [5.74, 6) is -2.42. The minimum Gasteiger partial charge on any atom is -0.480 e. The zero-order valence-electron chi connectivity index (χ0n) is 10.1. The first-order valence-corrected chi connectivity index (χ1v) is 8.36. The first-order chi connectivity index (χ1) is 8.18. The van der Waals surface area contributed by atoms with Crippen LogP contribution in [0.3, 0.4) is 0 Å². The Labute approximate surface area is 109 Å². The highest BCUT2D eigenvalue weighted by atomic mass is 32.7. The van der Waals surface area contributed by atoms with E-state index in [4.69, 9.17) is 14.8 Å². The number of carbonyl (C=O) groups is 2. The van der Waals surface area contributed by atoms with Gasteiger partial charge < -0.3 is 24.2 Å². The van der Waals surface area contributed by atoms with Gasteiger partial charge in [-0.1, -0.05) is 0 Å². The third-order valence-electron chi connectivity index (χ3n) is 1.78. The molecule has 0 aromatic heterocycles. The Morgan fingerprint density at radius 2 is 1.56 bits per heavy atom. The molecule has 0 amide bonds. The SMILES string of the molecule is CN(C)CP(=O)(CN(CC(=O)O)CC(=O)O)SO. The molecule has 8 nitrogen and oxygen atoms in total. The van der Waals surface area contributed by atoms with Gasteiger partial charge in [-0.05, 0) is 14.1 Å². The summed E-state index contributed by atoms with van der Waals surface area (Å²) in [5, 5.41) is 17.3. The average molecular weight is 300 g/mol. The van der Waals surface area contributed by atoms with Crippen molar-refractivity contribution in [2.24, 2.45) is 0 Å². The largest absolute Gasteiger partial charge is 0.480 e. The average Bonchev–Trinajstić information content (AvgIpc) is 2.13. The standard InChI is InChI=1S/C8H17N2O6PS/c1-9(2)5-17(15,18-16)6-10(3-7(11)12)4-8(13)14/h16H,3-6H2,1-2H3,(H,11,12)(H,13,14). The summed E-state index contributed by atoms with van der Waals surface area (Å²) in [4.78, 5) is 23.8. The first-order valence-electron chi connectivity index (χ1n) is 4.90. The third kappa shape index (κ3) is 7.67. The van der Waals surface area contributed by atoms with Crippen LogP contribution in [0.25, 0.3) is 0 Å². The van der Waals surface area contributed by atoms with Crippen molar-refractivity contribution in [3.63, 3.8) is 0 Å². The molecule has 10 heteroatoms. The Bertz CT molecular complexity index is 334. The molecular formula is C8H17N2O6PS. The minimum atomic E-state index is -3.13. The molecule has 0 aliphatic rings. The van der Waals surface area contributed by atoms with E-state index in [9.17, 15) is 14.2 Å². The normalized spacial score (nSPS) is 14.7. The second kappa shape index (κ2) is 7.75.